The van der Waals surface area contributed by atoms with E-state index in [0.29, 0.717) is 27.2 Å². The van der Waals surface area contributed by atoms with Gasteiger partial charge in [0.15, 0.2) is 5.13 Å². The van der Waals surface area contributed by atoms with Crippen LogP contribution in [0.1, 0.15) is 11.3 Å². The number of hydrogen-bond donors (Lipinski definition) is 0. The molecule has 0 unspecified atom stereocenters. The first-order chi connectivity index (χ1) is 14.6. The Morgan fingerprint density at radius 2 is 1.93 bits per heavy atom. The number of fused-ring (bicyclic) bond motifs is 1. The fraction of sp³-hybridized carbons (Fsp3) is 0.182. The molecule has 154 valence electrons. The van der Waals surface area contributed by atoms with Crippen LogP contribution in [0, 0.1) is 0 Å². The zero-order chi connectivity index (χ0) is 21.1. The molecule has 0 aliphatic heterocycles. The van der Waals surface area contributed by atoms with E-state index in [1.54, 1.807) is 43.6 Å². The second kappa shape index (κ2) is 8.77. The van der Waals surface area contributed by atoms with Crippen molar-refractivity contribution >= 4 is 44.2 Å². The maximum Gasteiger partial charge on any atom is 0.233 e. The molecule has 4 rings (SSSR count). The monoisotopic (exact) mass is 442 g/mol. The number of nitrogens with zero attached hydrogens (tertiary/aromatic N) is 2. The van der Waals surface area contributed by atoms with Gasteiger partial charge in [-0.05, 0) is 42.0 Å². The first-order valence-electron chi connectivity index (χ1n) is 9.17. The van der Waals surface area contributed by atoms with Gasteiger partial charge in [0.1, 0.15) is 22.8 Å². The van der Waals surface area contributed by atoms with Crippen molar-refractivity contribution in [3.05, 3.63) is 71.1 Å². The summed E-state index contributed by atoms with van der Waals surface area (Å²) in [6.07, 6.45) is 1.80. The van der Waals surface area contributed by atoms with Crippen LogP contribution in [-0.4, -0.2) is 25.1 Å². The summed E-state index contributed by atoms with van der Waals surface area (Å²) in [6, 6.07) is 14.6. The molecule has 0 atom stereocenters. The van der Waals surface area contributed by atoms with Crippen molar-refractivity contribution in [1.82, 2.24) is 4.98 Å². The second-order valence-electron chi connectivity index (χ2n) is 6.51. The Balaban J connectivity index is 1.69. The molecule has 0 aliphatic rings. The van der Waals surface area contributed by atoms with Crippen LogP contribution in [-0.2, 0) is 17.8 Å². The summed E-state index contributed by atoms with van der Waals surface area (Å²) < 4.78 is 16.8. The minimum atomic E-state index is -0.106. The van der Waals surface area contributed by atoms with Crippen LogP contribution in [0.4, 0.5) is 5.13 Å². The van der Waals surface area contributed by atoms with E-state index in [1.165, 1.54) is 11.3 Å². The molecule has 1 amide bonds. The number of halogens is 1. The lowest BCUT2D eigenvalue weighted by Gasteiger charge is -2.19. The maximum absolute atomic E-state index is 13.3. The molecule has 6 nitrogen and oxygen atoms in total. The number of rotatable bonds is 7. The van der Waals surface area contributed by atoms with Gasteiger partial charge in [-0.3, -0.25) is 9.69 Å². The van der Waals surface area contributed by atoms with Crippen molar-refractivity contribution < 1.29 is 18.7 Å². The van der Waals surface area contributed by atoms with Crippen molar-refractivity contribution in [3.63, 3.8) is 0 Å². The second-order valence-corrected chi connectivity index (χ2v) is 7.89. The predicted octanol–water partition coefficient (Wildman–Crippen LogP) is 5.34. The van der Waals surface area contributed by atoms with Gasteiger partial charge in [0.25, 0.3) is 0 Å². The zero-order valence-electron chi connectivity index (χ0n) is 16.4. The highest BCUT2D eigenvalue weighted by Crippen LogP contribution is 2.39. The van der Waals surface area contributed by atoms with E-state index in [0.717, 1.165) is 16.0 Å². The molecule has 0 bridgehead atoms. The number of carbonyl (C=O) groups is 1. The number of thiazole rings is 1. The molecule has 30 heavy (non-hydrogen) atoms. The molecule has 2 aromatic heterocycles. The van der Waals surface area contributed by atoms with Gasteiger partial charge in [0, 0.05) is 0 Å². The van der Waals surface area contributed by atoms with Crippen LogP contribution in [0.15, 0.2) is 59.2 Å². The number of carbonyl (C=O) groups excluding carboxylic acids is 1. The van der Waals surface area contributed by atoms with Crippen molar-refractivity contribution in [1.29, 1.82) is 0 Å². The molecule has 4 aromatic rings. The molecule has 0 aliphatic carbocycles. The molecule has 0 fully saturated rings. The molecule has 0 saturated heterocycles. The van der Waals surface area contributed by atoms with E-state index in [2.05, 4.69) is 4.98 Å². The van der Waals surface area contributed by atoms with E-state index in [9.17, 15) is 4.79 Å². The van der Waals surface area contributed by atoms with Gasteiger partial charge < -0.3 is 13.9 Å². The molecule has 0 spiro atoms. The summed E-state index contributed by atoms with van der Waals surface area (Å²) >= 11 is 7.71. The number of anilines is 1. The Hall–Kier alpha value is -3.03. The van der Waals surface area contributed by atoms with Gasteiger partial charge in [0.2, 0.25) is 5.91 Å². The molecular weight excluding hydrogens is 424 g/mol. The van der Waals surface area contributed by atoms with Crippen LogP contribution < -0.4 is 14.4 Å². The molecule has 0 radical (unpaired) electrons. The predicted molar refractivity (Wildman–Crippen MR) is 118 cm³/mol. The number of benzene rings is 2. The van der Waals surface area contributed by atoms with Gasteiger partial charge in [-0.2, -0.15) is 0 Å². The Kier molecular flexibility index (Phi) is 5.92. The fourth-order valence-corrected chi connectivity index (χ4v) is 4.33. The van der Waals surface area contributed by atoms with Crippen LogP contribution >= 0.6 is 22.9 Å². The molecule has 2 heterocycles. The van der Waals surface area contributed by atoms with Crippen LogP contribution in [0.25, 0.3) is 10.2 Å². The van der Waals surface area contributed by atoms with Gasteiger partial charge in [0.05, 0.1) is 43.2 Å². The number of ether oxygens (including phenoxy) is 2. The van der Waals surface area contributed by atoms with Crippen LogP contribution in [0.5, 0.6) is 11.5 Å². The number of hydrogen-bond acceptors (Lipinski definition) is 6. The molecule has 0 N–H and O–H groups in total. The molecular formula is C22H19ClN2O4S. The third-order valence-electron chi connectivity index (χ3n) is 4.61. The van der Waals surface area contributed by atoms with Crippen LogP contribution in [0.3, 0.4) is 0 Å². The Morgan fingerprint density at radius 1 is 1.13 bits per heavy atom. The number of amides is 1. The smallest absolute Gasteiger partial charge is 0.233 e. The summed E-state index contributed by atoms with van der Waals surface area (Å²) in [7, 11) is 3.19. The molecule has 0 saturated carbocycles. The lowest BCUT2D eigenvalue weighted by molar-refractivity contribution is -0.118. The summed E-state index contributed by atoms with van der Waals surface area (Å²) in [5.74, 6) is 1.91. The lowest BCUT2D eigenvalue weighted by Crippen LogP contribution is -2.31. The molecule has 2 aromatic carbocycles. The minimum Gasteiger partial charge on any atom is -0.497 e. The third-order valence-corrected chi connectivity index (χ3v) is 6.15. The van der Waals surface area contributed by atoms with Gasteiger partial charge >= 0.3 is 0 Å². The topological polar surface area (TPSA) is 64.8 Å². The average Bonchev–Trinajstić information content (AvgIpc) is 3.43. The van der Waals surface area contributed by atoms with Gasteiger partial charge in [-0.1, -0.05) is 35.1 Å². The van der Waals surface area contributed by atoms with E-state index in [-0.39, 0.29) is 18.9 Å². The average molecular weight is 443 g/mol. The van der Waals surface area contributed by atoms with Crippen molar-refractivity contribution in [2.24, 2.45) is 0 Å². The lowest BCUT2D eigenvalue weighted by atomic mass is 10.1. The van der Waals surface area contributed by atoms with E-state index >= 15 is 0 Å². The fourth-order valence-electron chi connectivity index (χ4n) is 3.06. The van der Waals surface area contributed by atoms with Crippen LogP contribution in [0.2, 0.25) is 5.02 Å². The van der Waals surface area contributed by atoms with Gasteiger partial charge in [-0.15, -0.1) is 0 Å². The van der Waals surface area contributed by atoms with Gasteiger partial charge in [-0.25, -0.2) is 4.98 Å². The van der Waals surface area contributed by atoms with Crippen molar-refractivity contribution in [2.45, 2.75) is 13.0 Å². The first kappa shape index (κ1) is 20.3. The highest BCUT2D eigenvalue weighted by molar-refractivity contribution is 7.23. The normalized spacial score (nSPS) is 10.9. The Morgan fingerprint density at radius 3 is 2.60 bits per heavy atom. The minimum absolute atomic E-state index is 0.106. The standard InChI is InChI=1S/C22H19ClN2O4S/c1-27-15-7-5-14(6-8-15)12-19(26)25(13-16-4-3-11-29-16)22-24-20-18(28-2)10-9-17(23)21(20)30-22/h3-11H,12-13H2,1-2H3. The third kappa shape index (κ3) is 4.13. The number of aromatic nitrogens is 1. The number of furan rings is 1. The SMILES string of the molecule is COc1ccc(CC(=O)N(Cc2ccco2)c2nc3c(OC)ccc(Cl)c3s2)cc1. The van der Waals surface area contributed by atoms with E-state index in [4.69, 9.17) is 25.5 Å². The van der Waals surface area contributed by atoms with Crippen molar-refractivity contribution in [2.75, 3.05) is 19.1 Å². The molecule has 8 heteroatoms. The highest BCUT2D eigenvalue weighted by Gasteiger charge is 2.23. The quantitative estimate of drug-likeness (QED) is 0.386. The van der Waals surface area contributed by atoms with E-state index in [1.807, 2.05) is 30.3 Å². The summed E-state index contributed by atoms with van der Waals surface area (Å²) in [4.78, 5) is 19.5. The van der Waals surface area contributed by atoms with E-state index < -0.39 is 0 Å². The summed E-state index contributed by atoms with van der Waals surface area (Å²) in [6.45, 7) is 0.266. The zero-order valence-corrected chi connectivity index (χ0v) is 18.0. The Bertz CT molecular complexity index is 1160. The maximum atomic E-state index is 13.3. The summed E-state index contributed by atoms with van der Waals surface area (Å²) in [5.41, 5.74) is 1.51. The number of methoxy groups -OCH3 is 2. The van der Waals surface area contributed by atoms with Crippen molar-refractivity contribution in [3.8, 4) is 11.5 Å². The largest absolute Gasteiger partial charge is 0.497 e. The first-order valence-corrected chi connectivity index (χ1v) is 10.4. The highest BCUT2D eigenvalue weighted by atomic mass is 35.5. The Labute approximate surface area is 182 Å². The summed E-state index contributed by atoms with van der Waals surface area (Å²) in [5, 5.41) is 1.10.